The predicted molar refractivity (Wildman–Crippen MR) is 82.5 cm³/mol. The summed E-state index contributed by atoms with van der Waals surface area (Å²) in [5, 5.41) is 4.69. The molecule has 0 aliphatic carbocycles. The first kappa shape index (κ1) is 15.9. The molecule has 3 N–H and O–H groups in total. The highest BCUT2D eigenvalue weighted by Gasteiger charge is 2.24. The number of nitrogens with one attached hydrogen (secondary N) is 1. The number of anilines is 1. The zero-order chi connectivity index (χ0) is 15.6. The molecule has 2 heterocycles. The van der Waals surface area contributed by atoms with E-state index in [0.29, 0.717) is 6.54 Å². The van der Waals surface area contributed by atoms with Crippen molar-refractivity contribution in [3.8, 4) is 0 Å². The maximum atomic E-state index is 12.4. The van der Waals surface area contributed by atoms with Gasteiger partial charge in [-0.1, -0.05) is 6.92 Å². The fraction of sp³-hybridized carbons (Fsp3) is 0.500. The Balaban J connectivity index is 2.21. The lowest BCUT2D eigenvalue weighted by molar-refractivity contribution is 0.566. The summed E-state index contributed by atoms with van der Waals surface area (Å²) in [5.74, 6) is 0.00457. The lowest BCUT2D eigenvalue weighted by Gasteiger charge is -2.10. The number of rotatable bonds is 6. The summed E-state index contributed by atoms with van der Waals surface area (Å²) in [6, 6.07) is -0.412. The average Bonchev–Trinajstić information content (AvgIpc) is 3.04. The molecule has 0 bridgehead atoms. The van der Waals surface area contributed by atoms with Crippen molar-refractivity contribution < 1.29 is 8.42 Å². The molecule has 0 amide bonds. The van der Waals surface area contributed by atoms with E-state index >= 15 is 0 Å². The molecule has 9 heteroatoms. The molecular formula is C12H19N5O2S2. The van der Waals surface area contributed by atoms with Crippen LogP contribution in [-0.4, -0.2) is 23.2 Å². The topological polar surface area (TPSA) is 103 Å². The third-order valence-corrected chi connectivity index (χ3v) is 5.87. The van der Waals surface area contributed by atoms with Crippen molar-refractivity contribution in [2.24, 2.45) is 0 Å². The van der Waals surface area contributed by atoms with Crippen LogP contribution in [0.5, 0.6) is 0 Å². The molecule has 2 aromatic rings. The van der Waals surface area contributed by atoms with Crippen molar-refractivity contribution in [3.05, 3.63) is 22.3 Å². The minimum atomic E-state index is -3.72. The van der Waals surface area contributed by atoms with Crippen molar-refractivity contribution in [2.45, 2.75) is 44.7 Å². The summed E-state index contributed by atoms with van der Waals surface area (Å²) >= 11 is 1.50. The van der Waals surface area contributed by atoms with Gasteiger partial charge in [0.25, 0.3) is 0 Å². The number of nitrogens with two attached hydrogens (primary N) is 1. The van der Waals surface area contributed by atoms with E-state index in [4.69, 9.17) is 5.73 Å². The van der Waals surface area contributed by atoms with Crippen molar-refractivity contribution >= 4 is 27.2 Å². The Kier molecular flexibility index (Phi) is 4.64. The minimum Gasteiger partial charge on any atom is -0.381 e. The van der Waals surface area contributed by atoms with Gasteiger partial charge >= 0.3 is 0 Å². The standard InChI is InChI=1S/C12H19N5O2S2/c1-4-9-6-14-12(20-9)8(3)16-21(18,19)10-7-17(5-2)15-11(10)13/h6-8,16H,4-5H2,1-3H3,(H2,13,15). The van der Waals surface area contributed by atoms with E-state index in [1.165, 1.54) is 22.2 Å². The number of hydrogen-bond acceptors (Lipinski definition) is 6. The smallest absolute Gasteiger partial charge is 0.246 e. The molecule has 116 valence electrons. The third-order valence-electron chi connectivity index (χ3n) is 2.99. The van der Waals surface area contributed by atoms with Crippen LogP contribution in [0.25, 0.3) is 0 Å². The molecule has 2 rings (SSSR count). The van der Waals surface area contributed by atoms with E-state index in [-0.39, 0.29) is 10.7 Å². The van der Waals surface area contributed by atoms with E-state index in [1.807, 2.05) is 13.8 Å². The van der Waals surface area contributed by atoms with Crippen molar-refractivity contribution in [1.29, 1.82) is 0 Å². The van der Waals surface area contributed by atoms with Crippen LogP contribution >= 0.6 is 11.3 Å². The van der Waals surface area contributed by atoms with E-state index in [0.717, 1.165) is 16.3 Å². The quantitative estimate of drug-likeness (QED) is 0.837. The molecule has 1 unspecified atom stereocenters. The average molecular weight is 329 g/mol. The lowest BCUT2D eigenvalue weighted by atomic mass is 10.4. The van der Waals surface area contributed by atoms with Gasteiger partial charge in [-0.3, -0.25) is 4.68 Å². The summed E-state index contributed by atoms with van der Waals surface area (Å²) in [6.07, 6.45) is 4.09. The highest BCUT2D eigenvalue weighted by molar-refractivity contribution is 7.89. The SMILES string of the molecule is CCc1cnc(C(C)NS(=O)(=O)c2cn(CC)nc2N)s1. The van der Waals surface area contributed by atoms with Crippen molar-refractivity contribution in [3.63, 3.8) is 0 Å². The van der Waals surface area contributed by atoms with Crippen LogP contribution in [0.2, 0.25) is 0 Å². The molecule has 1 atom stereocenters. The number of nitrogen functional groups attached to an aromatic ring is 1. The van der Waals surface area contributed by atoms with Gasteiger partial charge in [0.1, 0.15) is 9.90 Å². The van der Waals surface area contributed by atoms with Gasteiger partial charge in [0.2, 0.25) is 10.0 Å². The Labute approximate surface area is 128 Å². The molecule has 0 aliphatic rings. The largest absolute Gasteiger partial charge is 0.381 e. The van der Waals surface area contributed by atoms with Crippen LogP contribution in [0.4, 0.5) is 5.82 Å². The molecule has 0 aliphatic heterocycles. The van der Waals surface area contributed by atoms with E-state index in [9.17, 15) is 8.42 Å². The Hall–Kier alpha value is -1.45. The predicted octanol–water partition coefficient (Wildman–Crippen LogP) is 1.54. The van der Waals surface area contributed by atoms with Crippen LogP contribution in [0.3, 0.4) is 0 Å². The Morgan fingerprint density at radius 3 is 2.71 bits per heavy atom. The first-order valence-electron chi connectivity index (χ1n) is 6.67. The molecule has 0 aromatic carbocycles. The number of sulfonamides is 1. The maximum Gasteiger partial charge on any atom is 0.246 e. The molecule has 0 saturated heterocycles. The lowest BCUT2D eigenvalue weighted by Crippen LogP contribution is -2.27. The first-order chi connectivity index (χ1) is 9.87. The van der Waals surface area contributed by atoms with Gasteiger partial charge < -0.3 is 5.73 Å². The van der Waals surface area contributed by atoms with Gasteiger partial charge in [-0.2, -0.15) is 5.10 Å². The van der Waals surface area contributed by atoms with Gasteiger partial charge in [0, 0.05) is 23.8 Å². The molecular weight excluding hydrogens is 310 g/mol. The molecule has 0 fully saturated rings. The highest BCUT2D eigenvalue weighted by Crippen LogP contribution is 2.23. The number of hydrogen-bond donors (Lipinski definition) is 2. The molecule has 7 nitrogen and oxygen atoms in total. The van der Waals surface area contributed by atoms with Crippen LogP contribution in [0.15, 0.2) is 17.3 Å². The van der Waals surface area contributed by atoms with Crippen molar-refractivity contribution in [2.75, 3.05) is 5.73 Å². The van der Waals surface area contributed by atoms with Gasteiger partial charge in [-0.25, -0.2) is 18.1 Å². The second-order valence-corrected chi connectivity index (χ2v) is 7.42. The van der Waals surface area contributed by atoms with Gasteiger partial charge in [0.15, 0.2) is 5.82 Å². The summed E-state index contributed by atoms with van der Waals surface area (Å²) in [4.78, 5) is 5.37. The number of nitrogens with zero attached hydrogens (tertiary/aromatic N) is 3. The maximum absolute atomic E-state index is 12.4. The first-order valence-corrected chi connectivity index (χ1v) is 8.97. The Morgan fingerprint density at radius 1 is 1.48 bits per heavy atom. The molecule has 2 aromatic heterocycles. The highest BCUT2D eigenvalue weighted by atomic mass is 32.2. The summed E-state index contributed by atoms with van der Waals surface area (Å²) in [7, 11) is -3.72. The van der Waals surface area contributed by atoms with E-state index in [2.05, 4.69) is 14.8 Å². The Morgan fingerprint density at radius 2 is 2.19 bits per heavy atom. The van der Waals surface area contributed by atoms with Crippen molar-refractivity contribution in [1.82, 2.24) is 19.5 Å². The number of thiazole rings is 1. The Bertz CT molecular complexity index is 720. The molecule has 21 heavy (non-hydrogen) atoms. The fourth-order valence-corrected chi connectivity index (χ4v) is 4.03. The van der Waals surface area contributed by atoms with Crippen LogP contribution in [0.1, 0.15) is 36.7 Å². The van der Waals surface area contributed by atoms with Crippen LogP contribution in [0, 0.1) is 0 Å². The zero-order valence-electron chi connectivity index (χ0n) is 12.2. The molecule has 0 radical (unpaired) electrons. The van der Waals surface area contributed by atoms with Crippen LogP contribution in [-0.2, 0) is 23.0 Å². The fourth-order valence-electron chi connectivity index (χ4n) is 1.82. The molecule has 0 spiro atoms. The zero-order valence-corrected chi connectivity index (χ0v) is 13.8. The molecule has 0 saturated carbocycles. The van der Waals surface area contributed by atoms with Gasteiger partial charge in [-0.15, -0.1) is 11.3 Å². The van der Waals surface area contributed by atoms with Gasteiger partial charge in [-0.05, 0) is 20.3 Å². The van der Waals surface area contributed by atoms with E-state index < -0.39 is 16.1 Å². The second-order valence-electron chi connectivity index (χ2n) is 4.60. The third kappa shape index (κ3) is 3.42. The summed E-state index contributed by atoms with van der Waals surface area (Å²) < 4.78 is 28.8. The summed E-state index contributed by atoms with van der Waals surface area (Å²) in [5.41, 5.74) is 5.68. The van der Waals surface area contributed by atoms with E-state index in [1.54, 1.807) is 13.1 Å². The minimum absolute atomic E-state index is 0.00321. The van der Waals surface area contributed by atoms with Crippen LogP contribution < -0.4 is 10.5 Å². The number of aryl methyl sites for hydroxylation is 2. The van der Waals surface area contributed by atoms with Gasteiger partial charge in [0.05, 0.1) is 6.04 Å². The number of aromatic nitrogens is 3. The monoisotopic (exact) mass is 329 g/mol. The second kappa shape index (κ2) is 6.12. The normalized spacial score (nSPS) is 13.5. The summed E-state index contributed by atoms with van der Waals surface area (Å²) in [6.45, 7) is 6.21.